The molecule has 3 aromatic rings. The van der Waals surface area contributed by atoms with Crippen LogP contribution in [-0.4, -0.2) is 28.7 Å². The van der Waals surface area contributed by atoms with Crippen LogP contribution in [0.3, 0.4) is 0 Å². The highest BCUT2D eigenvalue weighted by Crippen LogP contribution is 2.40. The number of aromatic nitrogens is 1. The van der Waals surface area contributed by atoms with Crippen LogP contribution in [0.2, 0.25) is 0 Å². The Bertz CT molecular complexity index is 1060. The molecule has 1 N–H and O–H groups in total. The molecule has 0 radical (unpaired) electrons. The van der Waals surface area contributed by atoms with Crippen molar-refractivity contribution in [2.45, 2.75) is 32.2 Å². The number of benzene rings is 2. The Morgan fingerprint density at radius 2 is 1.82 bits per heavy atom. The van der Waals surface area contributed by atoms with E-state index < -0.39 is 0 Å². The van der Waals surface area contributed by atoms with Gasteiger partial charge >= 0.3 is 0 Å². The zero-order chi connectivity index (χ0) is 19.7. The molecule has 5 nitrogen and oxygen atoms in total. The molecule has 5 heteroatoms. The van der Waals surface area contributed by atoms with Gasteiger partial charge in [0.15, 0.2) is 0 Å². The van der Waals surface area contributed by atoms with E-state index in [1.54, 1.807) is 11.9 Å². The maximum Gasteiger partial charge on any atom is 0.256 e. The number of hydrogen-bond acceptors (Lipinski definition) is 3. The van der Waals surface area contributed by atoms with Crippen molar-refractivity contribution < 1.29 is 9.59 Å². The van der Waals surface area contributed by atoms with Crippen LogP contribution in [0, 0.1) is 0 Å². The summed E-state index contributed by atoms with van der Waals surface area (Å²) in [5.74, 6) is 0.293. The highest BCUT2D eigenvalue weighted by Gasteiger charge is 2.27. The van der Waals surface area contributed by atoms with E-state index in [4.69, 9.17) is 4.98 Å². The first-order chi connectivity index (χ1) is 13.5. The number of nitrogens with zero attached hydrogens (tertiary/aromatic N) is 2. The van der Waals surface area contributed by atoms with E-state index >= 15 is 0 Å². The molecule has 142 valence electrons. The minimum Gasteiger partial charge on any atom is -0.342 e. The highest BCUT2D eigenvalue weighted by atomic mass is 16.2. The number of hydrogen-bond donors (Lipinski definition) is 1. The van der Waals surface area contributed by atoms with Crippen molar-refractivity contribution in [3.05, 3.63) is 71.4 Å². The van der Waals surface area contributed by atoms with E-state index in [2.05, 4.69) is 5.32 Å². The quantitative estimate of drug-likeness (QED) is 0.723. The maximum absolute atomic E-state index is 13.2. The Morgan fingerprint density at radius 3 is 2.57 bits per heavy atom. The summed E-state index contributed by atoms with van der Waals surface area (Å²) in [6.45, 7) is 1.97. The molecule has 1 aliphatic carbocycles. The summed E-state index contributed by atoms with van der Waals surface area (Å²) in [5.41, 5.74) is 4.10. The summed E-state index contributed by atoms with van der Waals surface area (Å²) in [7, 11) is 1.75. The minimum atomic E-state index is -0.154. The summed E-state index contributed by atoms with van der Waals surface area (Å²) >= 11 is 0. The first-order valence-electron chi connectivity index (χ1n) is 9.53. The number of pyridine rings is 1. The topological polar surface area (TPSA) is 62.3 Å². The second kappa shape index (κ2) is 7.43. The van der Waals surface area contributed by atoms with Crippen molar-refractivity contribution in [1.29, 1.82) is 0 Å². The number of para-hydroxylation sites is 2. The predicted octanol–water partition coefficient (Wildman–Crippen LogP) is 4.34. The smallest absolute Gasteiger partial charge is 0.256 e. The zero-order valence-electron chi connectivity index (χ0n) is 16.1. The van der Waals surface area contributed by atoms with Gasteiger partial charge in [-0.25, -0.2) is 0 Å². The van der Waals surface area contributed by atoms with Gasteiger partial charge in [-0.15, -0.1) is 0 Å². The van der Waals surface area contributed by atoms with Gasteiger partial charge in [-0.3, -0.25) is 14.6 Å². The summed E-state index contributed by atoms with van der Waals surface area (Å²) in [4.78, 5) is 31.1. The molecular formula is C23H23N3O2. The third-order valence-electron chi connectivity index (χ3n) is 5.19. The second-order valence-electron chi connectivity index (χ2n) is 7.37. The predicted molar refractivity (Wildman–Crippen MR) is 110 cm³/mol. The normalized spacial score (nSPS) is 13.4. The second-order valence-corrected chi connectivity index (χ2v) is 7.37. The average Bonchev–Trinajstić information content (AvgIpc) is 3.53. The summed E-state index contributed by atoms with van der Waals surface area (Å²) in [6, 6.07) is 17.3. The van der Waals surface area contributed by atoms with Crippen molar-refractivity contribution in [2.24, 2.45) is 0 Å². The summed E-state index contributed by atoms with van der Waals surface area (Å²) in [6.07, 6.45) is 2.26. The first-order valence-corrected chi connectivity index (χ1v) is 9.53. The Labute approximate surface area is 164 Å². The monoisotopic (exact) mass is 373 g/mol. The molecule has 2 aromatic carbocycles. The lowest BCUT2D eigenvalue weighted by Crippen LogP contribution is -2.24. The Kier molecular flexibility index (Phi) is 4.82. The van der Waals surface area contributed by atoms with Crippen LogP contribution in [0.1, 0.15) is 47.3 Å². The molecule has 1 fully saturated rings. The summed E-state index contributed by atoms with van der Waals surface area (Å²) < 4.78 is 0. The van der Waals surface area contributed by atoms with Crippen molar-refractivity contribution in [1.82, 2.24) is 9.88 Å². The van der Waals surface area contributed by atoms with Gasteiger partial charge < -0.3 is 10.2 Å². The van der Waals surface area contributed by atoms with Crippen LogP contribution in [0.4, 0.5) is 5.69 Å². The van der Waals surface area contributed by atoms with E-state index in [0.29, 0.717) is 18.0 Å². The minimum absolute atomic E-state index is 0.0182. The van der Waals surface area contributed by atoms with Gasteiger partial charge in [0.1, 0.15) is 0 Å². The molecular weight excluding hydrogens is 350 g/mol. The van der Waals surface area contributed by atoms with Crippen molar-refractivity contribution in [3.8, 4) is 0 Å². The van der Waals surface area contributed by atoms with Crippen molar-refractivity contribution in [2.75, 3.05) is 12.4 Å². The number of rotatable bonds is 5. The largest absolute Gasteiger partial charge is 0.342 e. The van der Waals surface area contributed by atoms with Gasteiger partial charge in [0, 0.05) is 43.2 Å². The van der Waals surface area contributed by atoms with Gasteiger partial charge in [-0.1, -0.05) is 36.4 Å². The summed E-state index contributed by atoms with van der Waals surface area (Å²) in [5, 5.41) is 3.89. The molecule has 0 aliphatic heterocycles. The third-order valence-corrected chi connectivity index (χ3v) is 5.19. The molecule has 1 aromatic heterocycles. The van der Waals surface area contributed by atoms with Crippen molar-refractivity contribution >= 4 is 28.4 Å². The number of amides is 2. The standard InChI is InChI=1S/C23H23N3O2/c1-15(27)26(2)14-17-7-3-5-9-20(17)25-23(28)19-13-22(16-11-12-16)24-21-10-6-4-8-18(19)21/h3-10,13,16H,11-12,14H2,1-2H3,(H,25,28). The number of carbonyl (C=O) groups excluding carboxylic acids is 2. The Hall–Kier alpha value is -3.21. The van der Waals surface area contributed by atoms with Crippen LogP contribution in [0.25, 0.3) is 10.9 Å². The molecule has 0 atom stereocenters. The van der Waals surface area contributed by atoms with Gasteiger partial charge in [0.25, 0.3) is 5.91 Å². The van der Waals surface area contributed by atoms with E-state index in [0.717, 1.165) is 40.7 Å². The molecule has 0 spiro atoms. The lowest BCUT2D eigenvalue weighted by atomic mass is 10.0. The van der Waals surface area contributed by atoms with Crippen LogP contribution >= 0.6 is 0 Å². The molecule has 28 heavy (non-hydrogen) atoms. The molecule has 4 rings (SSSR count). The van der Waals surface area contributed by atoms with Crippen LogP contribution in [0.5, 0.6) is 0 Å². The lowest BCUT2D eigenvalue weighted by molar-refractivity contribution is -0.128. The first kappa shape index (κ1) is 18.2. The van der Waals surface area contributed by atoms with Gasteiger partial charge in [0.05, 0.1) is 11.1 Å². The number of carbonyl (C=O) groups is 2. The molecule has 1 saturated carbocycles. The molecule has 2 amide bonds. The SMILES string of the molecule is CC(=O)N(C)Cc1ccccc1NC(=O)c1cc(C2CC2)nc2ccccc12. The molecule has 1 heterocycles. The lowest BCUT2D eigenvalue weighted by Gasteiger charge is -2.18. The Morgan fingerprint density at radius 1 is 1.11 bits per heavy atom. The number of fused-ring (bicyclic) bond motifs is 1. The fraction of sp³-hybridized carbons (Fsp3) is 0.261. The zero-order valence-corrected chi connectivity index (χ0v) is 16.1. The van der Waals surface area contributed by atoms with Crippen LogP contribution in [0.15, 0.2) is 54.6 Å². The average molecular weight is 373 g/mol. The van der Waals surface area contributed by atoms with Crippen molar-refractivity contribution in [3.63, 3.8) is 0 Å². The fourth-order valence-electron chi connectivity index (χ4n) is 3.31. The Balaban J connectivity index is 1.67. The van der Waals surface area contributed by atoms with E-state index in [-0.39, 0.29) is 11.8 Å². The highest BCUT2D eigenvalue weighted by molar-refractivity contribution is 6.12. The van der Waals surface area contributed by atoms with Gasteiger partial charge in [0.2, 0.25) is 5.91 Å². The fourth-order valence-corrected chi connectivity index (χ4v) is 3.31. The van der Waals surface area contributed by atoms with E-state index in [9.17, 15) is 9.59 Å². The van der Waals surface area contributed by atoms with E-state index in [1.165, 1.54) is 6.92 Å². The maximum atomic E-state index is 13.2. The van der Waals surface area contributed by atoms with Crippen LogP contribution in [-0.2, 0) is 11.3 Å². The number of anilines is 1. The molecule has 0 bridgehead atoms. The number of nitrogens with one attached hydrogen (secondary N) is 1. The molecule has 0 unspecified atom stereocenters. The van der Waals surface area contributed by atoms with E-state index in [1.807, 2.05) is 54.6 Å². The van der Waals surface area contributed by atoms with Gasteiger partial charge in [-0.2, -0.15) is 0 Å². The van der Waals surface area contributed by atoms with Gasteiger partial charge in [-0.05, 0) is 36.6 Å². The van der Waals surface area contributed by atoms with Crippen LogP contribution < -0.4 is 5.32 Å². The molecule has 0 saturated heterocycles. The molecule has 1 aliphatic rings. The third kappa shape index (κ3) is 3.74.